The Hall–Kier alpha value is -2.34. The molecule has 0 saturated heterocycles. The maximum Gasteiger partial charge on any atom is 0.314 e. The Kier molecular flexibility index (Phi) is 5.16. The molecule has 2 amide bonds. The molecule has 0 atom stereocenters. The largest absolute Gasteiger partial charge is 0.497 e. The third kappa shape index (κ3) is 4.08. The summed E-state index contributed by atoms with van der Waals surface area (Å²) < 4.78 is 5.75. The van der Waals surface area contributed by atoms with Crippen LogP contribution in [0.25, 0.3) is 0 Å². The van der Waals surface area contributed by atoms with E-state index in [1.54, 1.807) is 37.4 Å². The van der Waals surface area contributed by atoms with Gasteiger partial charge in [-0.2, -0.15) is 0 Å². The van der Waals surface area contributed by atoms with Gasteiger partial charge in [0.1, 0.15) is 5.75 Å². The highest BCUT2D eigenvalue weighted by atomic mass is 79.9. The van der Waals surface area contributed by atoms with E-state index in [9.17, 15) is 9.59 Å². The summed E-state index contributed by atoms with van der Waals surface area (Å²) in [5.74, 6) is -0.802. The lowest BCUT2D eigenvalue weighted by Crippen LogP contribution is -2.29. The second-order valence-electron chi connectivity index (χ2n) is 4.62. The third-order valence-electron chi connectivity index (χ3n) is 2.93. The van der Waals surface area contributed by atoms with Gasteiger partial charge in [-0.1, -0.05) is 6.07 Å². The predicted molar refractivity (Wildman–Crippen MR) is 89.1 cm³/mol. The van der Waals surface area contributed by atoms with E-state index in [0.717, 1.165) is 10.0 Å². The maximum atomic E-state index is 11.9. The fraction of sp³-hybridized carbons (Fsp3) is 0.125. The summed E-state index contributed by atoms with van der Waals surface area (Å²) in [5.41, 5.74) is 2.11. The van der Waals surface area contributed by atoms with Crippen molar-refractivity contribution in [3.05, 3.63) is 52.5 Å². The lowest BCUT2D eigenvalue weighted by Gasteiger charge is -2.09. The summed E-state index contributed by atoms with van der Waals surface area (Å²) in [6.45, 7) is 1.94. The summed E-state index contributed by atoms with van der Waals surface area (Å²) in [4.78, 5) is 23.8. The number of benzene rings is 2. The Morgan fingerprint density at radius 2 is 1.64 bits per heavy atom. The maximum absolute atomic E-state index is 11.9. The zero-order valence-corrected chi connectivity index (χ0v) is 13.7. The van der Waals surface area contributed by atoms with E-state index in [1.807, 2.05) is 19.1 Å². The van der Waals surface area contributed by atoms with Gasteiger partial charge in [0.15, 0.2) is 0 Å². The van der Waals surface area contributed by atoms with Crippen molar-refractivity contribution in [3.63, 3.8) is 0 Å². The lowest BCUT2D eigenvalue weighted by atomic mass is 10.2. The smallest absolute Gasteiger partial charge is 0.314 e. The zero-order chi connectivity index (χ0) is 16.1. The van der Waals surface area contributed by atoms with Gasteiger partial charge in [0.05, 0.1) is 12.8 Å². The number of amides is 2. The van der Waals surface area contributed by atoms with Crippen LogP contribution in [0.1, 0.15) is 5.56 Å². The highest BCUT2D eigenvalue weighted by molar-refractivity contribution is 9.10. The molecule has 0 aliphatic carbocycles. The van der Waals surface area contributed by atoms with Crippen molar-refractivity contribution < 1.29 is 14.3 Å². The zero-order valence-electron chi connectivity index (χ0n) is 12.1. The molecule has 114 valence electrons. The second-order valence-corrected chi connectivity index (χ2v) is 5.47. The van der Waals surface area contributed by atoms with Crippen LogP contribution in [0.3, 0.4) is 0 Å². The molecule has 2 aromatic carbocycles. The van der Waals surface area contributed by atoms with E-state index in [1.165, 1.54) is 0 Å². The minimum Gasteiger partial charge on any atom is -0.497 e. The second kappa shape index (κ2) is 7.09. The number of aryl methyl sites for hydroxylation is 1. The molecule has 2 N–H and O–H groups in total. The first-order chi connectivity index (χ1) is 10.5. The molecular weight excluding hydrogens is 348 g/mol. The number of ether oxygens (including phenoxy) is 1. The van der Waals surface area contributed by atoms with Crippen LogP contribution in [0, 0.1) is 6.92 Å². The molecule has 5 nitrogen and oxygen atoms in total. The molecule has 2 rings (SSSR count). The number of anilines is 2. The minimum absolute atomic E-state index is 0.518. The number of hydrogen-bond donors (Lipinski definition) is 2. The van der Waals surface area contributed by atoms with Gasteiger partial charge in [-0.3, -0.25) is 9.59 Å². The monoisotopic (exact) mass is 362 g/mol. The van der Waals surface area contributed by atoms with Gasteiger partial charge in [-0.05, 0) is 64.8 Å². The topological polar surface area (TPSA) is 67.4 Å². The Bertz CT molecular complexity index is 699. The summed E-state index contributed by atoms with van der Waals surface area (Å²) in [6, 6.07) is 12.2. The molecule has 0 radical (unpaired) electrons. The molecule has 0 unspecified atom stereocenters. The third-order valence-corrected chi connectivity index (χ3v) is 3.58. The molecule has 0 saturated carbocycles. The van der Waals surface area contributed by atoms with Crippen molar-refractivity contribution >= 4 is 39.1 Å². The molecule has 0 fully saturated rings. The van der Waals surface area contributed by atoms with Crippen LogP contribution in [0.5, 0.6) is 5.75 Å². The molecule has 0 heterocycles. The van der Waals surface area contributed by atoms with Gasteiger partial charge in [-0.25, -0.2) is 0 Å². The number of methoxy groups -OCH3 is 1. The standard InChI is InChI=1S/C16H15BrN2O3/c1-10-3-8-14(13(17)9-10)19-16(21)15(20)18-11-4-6-12(22-2)7-5-11/h3-9H,1-2H3,(H,18,20)(H,19,21). The molecular formula is C16H15BrN2O3. The van der Waals surface area contributed by atoms with E-state index in [2.05, 4.69) is 26.6 Å². The summed E-state index contributed by atoms with van der Waals surface area (Å²) in [6.07, 6.45) is 0. The van der Waals surface area contributed by atoms with Crippen LogP contribution in [0.2, 0.25) is 0 Å². The molecule has 0 aliphatic heterocycles. The van der Waals surface area contributed by atoms with E-state index in [4.69, 9.17) is 4.74 Å². The molecule has 0 aromatic heterocycles. The average molecular weight is 363 g/mol. The Morgan fingerprint density at radius 1 is 1.00 bits per heavy atom. The van der Waals surface area contributed by atoms with Gasteiger partial charge in [0.2, 0.25) is 0 Å². The molecule has 6 heteroatoms. The summed E-state index contributed by atoms with van der Waals surface area (Å²) >= 11 is 3.35. The van der Waals surface area contributed by atoms with Crippen molar-refractivity contribution in [1.82, 2.24) is 0 Å². The number of nitrogens with one attached hydrogen (secondary N) is 2. The number of halogens is 1. The lowest BCUT2D eigenvalue weighted by molar-refractivity contribution is -0.133. The van der Waals surface area contributed by atoms with Gasteiger partial charge < -0.3 is 15.4 Å². The normalized spacial score (nSPS) is 9.95. The Morgan fingerprint density at radius 3 is 2.23 bits per heavy atom. The van der Waals surface area contributed by atoms with Crippen LogP contribution >= 0.6 is 15.9 Å². The van der Waals surface area contributed by atoms with Crippen LogP contribution in [0.4, 0.5) is 11.4 Å². The van der Waals surface area contributed by atoms with Gasteiger partial charge in [0.25, 0.3) is 0 Å². The number of carbonyl (C=O) groups is 2. The fourth-order valence-corrected chi connectivity index (χ4v) is 2.36. The van der Waals surface area contributed by atoms with Crippen molar-refractivity contribution in [1.29, 1.82) is 0 Å². The average Bonchev–Trinajstić information content (AvgIpc) is 2.50. The van der Waals surface area contributed by atoms with Crippen molar-refractivity contribution in [2.45, 2.75) is 6.92 Å². The molecule has 22 heavy (non-hydrogen) atoms. The van der Waals surface area contributed by atoms with Crippen LogP contribution in [0.15, 0.2) is 46.9 Å². The van der Waals surface area contributed by atoms with Gasteiger partial charge in [0, 0.05) is 10.2 Å². The Labute approximate surface area is 136 Å². The molecule has 0 spiro atoms. The number of carbonyl (C=O) groups excluding carboxylic acids is 2. The van der Waals surface area contributed by atoms with Crippen LogP contribution in [-0.4, -0.2) is 18.9 Å². The van der Waals surface area contributed by atoms with Crippen LogP contribution in [-0.2, 0) is 9.59 Å². The fourth-order valence-electron chi connectivity index (χ4n) is 1.76. The first-order valence-corrected chi connectivity index (χ1v) is 7.31. The SMILES string of the molecule is COc1ccc(NC(=O)C(=O)Nc2ccc(C)cc2Br)cc1. The summed E-state index contributed by atoms with van der Waals surface area (Å²) in [7, 11) is 1.56. The number of rotatable bonds is 3. The first-order valence-electron chi connectivity index (χ1n) is 6.52. The number of hydrogen-bond acceptors (Lipinski definition) is 3. The molecule has 0 aliphatic rings. The van der Waals surface area contributed by atoms with Crippen molar-refractivity contribution in [2.24, 2.45) is 0 Å². The minimum atomic E-state index is -0.738. The van der Waals surface area contributed by atoms with E-state index >= 15 is 0 Å². The highest BCUT2D eigenvalue weighted by Crippen LogP contribution is 2.23. The highest BCUT2D eigenvalue weighted by Gasteiger charge is 2.15. The predicted octanol–water partition coefficient (Wildman–Crippen LogP) is 3.34. The van der Waals surface area contributed by atoms with E-state index in [-0.39, 0.29) is 0 Å². The quantitative estimate of drug-likeness (QED) is 0.822. The first kappa shape index (κ1) is 16.0. The summed E-state index contributed by atoms with van der Waals surface area (Å²) in [5, 5.41) is 5.08. The molecule has 2 aromatic rings. The molecule has 0 bridgehead atoms. The van der Waals surface area contributed by atoms with Gasteiger partial charge in [-0.15, -0.1) is 0 Å². The van der Waals surface area contributed by atoms with Crippen LogP contribution < -0.4 is 15.4 Å². The van der Waals surface area contributed by atoms with Crippen molar-refractivity contribution in [3.8, 4) is 5.75 Å². The van der Waals surface area contributed by atoms with E-state index in [0.29, 0.717) is 17.1 Å². The van der Waals surface area contributed by atoms with Gasteiger partial charge >= 0.3 is 11.8 Å². The van der Waals surface area contributed by atoms with Crippen molar-refractivity contribution in [2.75, 3.05) is 17.7 Å². The van der Waals surface area contributed by atoms with E-state index < -0.39 is 11.8 Å². The Balaban J connectivity index is 2.01.